The Morgan fingerprint density at radius 3 is 2.89 bits per heavy atom. The van der Waals surface area contributed by atoms with Crippen molar-refractivity contribution in [2.24, 2.45) is 0 Å². The first-order chi connectivity index (χ1) is 13.2. The van der Waals surface area contributed by atoms with E-state index in [4.69, 9.17) is 20.9 Å². The van der Waals surface area contributed by atoms with Gasteiger partial charge in [-0.2, -0.15) is 4.98 Å². The monoisotopic (exact) mass is 384 g/mol. The molecule has 2 aromatic carbocycles. The summed E-state index contributed by atoms with van der Waals surface area (Å²) in [6.45, 7) is 3.29. The van der Waals surface area contributed by atoms with Gasteiger partial charge in [0, 0.05) is 36.3 Å². The van der Waals surface area contributed by atoms with Crippen LogP contribution >= 0.6 is 11.6 Å². The van der Waals surface area contributed by atoms with Crippen LogP contribution in [-0.2, 0) is 6.54 Å². The van der Waals surface area contributed by atoms with E-state index < -0.39 is 0 Å². The second kappa shape index (κ2) is 8.08. The summed E-state index contributed by atoms with van der Waals surface area (Å²) in [6.07, 6.45) is 0. The van der Waals surface area contributed by atoms with Crippen molar-refractivity contribution >= 4 is 11.6 Å². The SMILES string of the molecule is COc1ccc(-c2noc(CN3CCNCC3c3cccc(Cl)c3)n2)cc1. The molecule has 0 aliphatic carbocycles. The quantitative estimate of drug-likeness (QED) is 0.725. The molecule has 0 amide bonds. The highest BCUT2D eigenvalue weighted by Gasteiger charge is 2.25. The molecule has 7 heteroatoms. The van der Waals surface area contributed by atoms with Crippen molar-refractivity contribution in [1.82, 2.24) is 20.4 Å². The highest BCUT2D eigenvalue weighted by Crippen LogP contribution is 2.26. The molecule has 27 heavy (non-hydrogen) atoms. The summed E-state index contributed by atoms with van der Waals surface area (Å²) in [6, 6.07) is 15.8. The van der Waals surface area contributed by atoms with Gasteiger partial charge in [-0.3, -0.25) is 4.90 Å². The Hall–Kier alpha value is -2.41. The second-order valence-corrected chi connectivity index (χ2v) is 6.92. The fourth-order valence-electron chi connectivity index (χ4n) is 3.33. The molecule has 3 aromatic rings. The van der Waals surface area contributed by atoms with Crippen LogP contribution in [0.2, 0.25) is 5.02 Å². The summed E-state index contributed by atoms with van der Waals surface area (Å²) in [4.78, 5) is 6.91. The number of ether oxygens (including phenoxy) is 1. The number of aromatic nitrogens is 2. The molecule has 2 heterocycles. The van der Waals surface area contributed by atoms with Crippen LogP contribution in [0.5, 0.6) is 5.75 Å². The molecule has 1 saturated heterocycles. The zero-order chi connectivity index (χ0) is 18.6. The molecule has 1 aliphatic rings. The number of nitrogens with one attached hydrogen (secondary N) is 1. The van der Waals surface area contributed by atoms with Crippen molar-refractivity contribution in [1.29, 1.82) is 0 Å². The molecule has 1 aliphatic heterocycles. The molecule has 0 radical (unpaired) electrons. The van der Waals surface area contributed by atoms with Crippen molar-refractivity contribution in [2.75, 3.05) is 26.7 Å². The van der Waals surface area contributed by atoms with Gasteiger partial charge < -0.3 is 14.6 Å². The predicted molar refractivity (Wildman–Crippen MR) is 104 cm³/mol. The fourth-order valence-corrected chi connectivity index (χ4v) is 3.53. The van der Waals surface area contributed by atoms with Gasteiger partial charge >= 0.3 is 0 Å². The summed E-state index contributed by atoms with van der Waals surface area (Å²) < 4.78 is 10.7. The van der Waals surface area contributed by atoms with E-state index in [1.54, 1.807) is 7.11 Å². The van der Waals surface area contributed by atoms with Crippen molar-refractivity contribution < 1.29 is 9.26 Å². The zero-order valence-corrected chi connectivity index (χ0v) is 15.8. The summed E-state index contributed by atoms with van der Waals surface area (Å²) in [5.41, 5.74) is 2.09. The van der Waals surface area contributed by atoms with Crippen molar-refractivity contribution in [3.05, 3.63) is 65.0 Å². The maximum atomic E-state index is 6.18. The van der Waals surface area contributed by atoms with Crippen LogP contribution in [0, 0.1) is 0 Å². The maximum Gasteiger partial charge on any atom is 0.241 e. The van der Waals surface area contributed by atoms with Crippen molar-refractivity contribution in [3.8, 4) is 17.1 Å². The topological polar surface area (TPSA) is 63.4 Å². The Morgan fingerprint density at radius 2 is 2.11 bits per heavy atom. The van der Waals surface area contributed by atoms with Crippen molar-refractivity contribution in [2.45, 2.75) is 12.6 Å². The van der Waals surface area contributed by atoms with E-state index in [2.05, 4.69) is 26.4 Å². The third kappa shape index (κ3) is 4.13. The Balaban J connectivity index is 1.51. The Morgan fingerprint density at radius 1 is 1.26 bits per heavy atom. The van der Waals surface area contributed by atoms with Crippen LogP contribution in [0.25, 0.3) is 11.4 Å². The molecule has 1 atom stereocenters. The average Bonchev–Trinajstić information content (AvgIpc) is 3.17. The molecule has 1 fully saturated rings. The lowest BCUT2D eigenvalue weighted by molar-refractivity contribution is 0.135. The first kappa shape index (κ1) is 18.0. The van der Waals surface area contributed by atoms with E-state index in [9.17, 15) is 0 Å². The van der Waals surface area contributed by atoms with Gasteiger partial charge in [0.2, 0.25) is 11.7 Å². The number of hydrogen-bond acceptors (Lipinski definition) is 6. The maximum absolute atomic E-state index is 6.18. The standard InChI is InChI=1S/C20H21ClN4O2/c1-26-17-7-5-14(6-8-17)20-23-19(27-24-20)13-25-10-9-22-12-18(25)15-3-2-4-16(21)11-15/h2-8,11,18,22H,9-10,12-13H2,1H3. The van der Waals surface area contributed by atoms with Crippen LogP contribution in [0.3, 0.4) is 0 Å². The first-order valence-electron chi connectivity index (χ1n) is 8.90. The van der Waals surface area contributed by atoms with Crippen LogP contribution in [0.15, 0.2) is 53.1 Å². The van der Waals surface area contributed by atoms with E-state index >= 15 is 0 Å². The van der Waals surface area contributed by atoms with Gasteiger partial charge in [0.15, 0.2) is 0 Å². The number of hydrogen-bond donors (Lipinski definition) is 1. The third-order valence-corrected chi connectivity index (χ3v) is 4.98. The van der Waals surface area contributed by atoms with Crippen LogP contribution in [0.1, 0.15) is 17.5 Å². The summed E-state index contributed by atoms with van der Waals surface area (Å²) in [5.74, 6) is 1.99. The van der Waals surface area contributed by atoms with Gasteiger partial charge in [0.05, 0.1) is 13.7 Å². The largest absolute Gasteiger partial charge is 0.497 e. The minimum absolute atomic E-state index is 0.216. The first-order valence-corrected chi connectivity index (χ1v) is 9.28. The number of halogens is 1. The molecular weight excluding hydrogens is 364 g/mol. The Kier molecular flexibility index (Phi) is 5.38. The summed E-state index contributed by atoms with van der Waals surface area (Å²) in [5, 5.41) is 8.32. The van der Waals surface area contributed by atoms with Gasteiger partial charge in [-0.15, -0.1) is 0 Å². The Labute approximate surface area is 163 Å². The normalized spacial score (nSPS) is 17.8. The number of rotatable bonds is 5. The highest BCUT2D eigenvalue weighted by molar-refractivity contribution is 6.30. The molecule has 1 unspecified atom stereocenters. The lowest BCUT2D eigenvalue weighted by Crippen LogP contribution is -2.45. The molecular formula is C20H21ClN4O2. The van der Waals surface area contributed by atoms with Gasteiger partial charge in [0.1, 0.15) is 5.75 Å². The number of methoxy groups -OCH3 is 1. The van der Waals surface area contributed by atoms with E-state index in [0.717, 1.165) is 36.0 Å². The molecule has 140 valence electrons. The second-order valence-electron chi connectivity index (χ2n) is 6.49. The lowest BCUT2D eigenvalue weighted by atomic mass is 10.0. The predicted octanol–water partition coefficient (Wildman–Crippen LogP) is 3.55. The smallest absolute Gasteiger partial charge is 0.241 e. The lowest BCUT2D eigenvalue weighted by Gasteiger charge is -2.35. The fraction of sp³-hybridized carbons (Fsp3) is 0.300. The third-order valence-electron chi connectivity index (χ3n) is 4.74. The number of benzene rings is 2. The van der Waals surface area contributed by atoms with E-state index in [0.29, 0.717) is 18.3 Å². The van der Waals surface area contributed by atoms with E-state index in [1.807, 2.05) is 42.5 Å². The van der Waals surface area contributed by atoms with Crippen LogP contribution < -0.4 is 10.1 Å². The van der Waals surface area contributed by atoms with Gasteiger partial charge in [-0.25, -0.2) is 0 Å². The minimum atomic E-state index is 0.216. The van der Waals surface area contributed by atoms with Gasteiger partial charge in [-0.1, -0.05) is 28.9 Å². The molecule has 0 saturated carbocycles. The number of piperazine rings is 1. The van der Waals surface area contributed by atoms with Crippen LogP contribution in [0.4, 0.5) is 0 Å². The zero-order valence-electron chi connectivity index (χ0n) is 15.1. The van der Waals surface area contributed by atoms with E-state index in [-0.39, 0.29) is 6.04 Å². The minimum Gasteiger partial charge on any atom is -0.497 e. The molecule has 6 nitrogen and oxygen atoms in total. The van der Waals surface area contributed by atoms with Crippen molar-refractivity contribution in [3.63, 3.8) is 0 Å². The molecule has 1 N–H and O–H groups in total. The van der Waals surface area contributed by atoms with Gasteiger partial charge in [0.25, 0.3) is 0 Å². The van der Waals surface area contributed by atoms with Gasteiger partial charge in [-0.05, 0) is 42.0 Å². The Bertz CT molecular complexity index is 897. The molecule has 0 spiro atoms. The van der Waals surface area contributed by atoms with E-state index in [1.165, 1.54) is 5.56 Å². The highest BCUT2D eigenvalue weighted by atomic mass is 35.5. The summed E-state index contributed by atoms with van der Waals surface area (Å²) >= 11 is 6.18. The molecule has 4 rings (SSSR count). The average molecular weight is 385 g/mol. The number of nitrogens with zero attached hydrogens (tertiary/aromatic N) is 3. The molecule has 0 bridgehead atoms. The van der Waals surface area contributed by atoms with Crippen LogP contribution in [-0.4, -0.2) is 41.8 Å². The summed E-state index contributed by atoms with van der Waals surface area (Å²) in [7, 11) is 1.64. The molecule has 1 aromatic heterocycles.